The van der Waals surface area contributed by atoms with Crippen LogP contribution >= 0.6 is 11.3 Å². The van der Waals surface area contributed by atoms with Gasteiger partial charge in [0, 0.05) is 10.9 Å². The van der Waals surface area contributed by atoms with Gasteiger partial charge in [-0.2, -0.15) is 5.26 Å². The van der Waals surface area contributed by atoms with Gasteiger partial charge in [0.15, 0.2) is 11.5 Å². The first-order chi connectivity index (χ1) is 14.3. The second kappa shape index (κ2) is 8.80. The number of ether oxygens (including phenoxy) is 3. The first kappa shape index (κ1) is 19.0. The van der Waals surface area contributed by atoms with E-state index in [-0.39, 0.29) is 6.79 Å². The van der Waals surface area contributed by atoms with Crippen molar-refractivity contribution in [3.8, 4) is 34.6 Å². The molecule has 0 atom stereocenters. The molecule has 0 spiro atoms. The third-order valence-electron chi connectivity index (χ3n) is 4.48. The molecule has 0 aliphatic carbocycles. The molecule has 6 heteroatoms. The highest BCUT2D eigenvalue weighted by molar-refractivity contribution is 7.11. The Kier molecular flexibility index (Phi) is 5.78. The molecule has 0 unspecified atom stereocenters. The predicted molar refractivity (Wildman–Crippen MR) is 114 cm³/mol. The molecule has 146 valence electrons. The number of aromatic nitrogens is 1. The third-order valence-corrected chi connectivity index (χ3v) is 5.36. The van der Waals surface area contributed by atoms with E-state index in [1.165, 1.54) is 11.3 Å². The van der Waals surface area contributed by atoms with E-state index in [1.807, 2.05) is 53.9 Å². The summed E-state index contributed by atoms with van der Waals surface area (Å²) < 4.78 is 16.5. The number of rotatable bonds is 7. The van der Waals surface area contributed by atoms with Crippen LogP contribution in [0.3, 0.4) is 0 Å². The number of thiazole rings is 1. The second-order valence-electron chi connectivity index (χ2n) is 6.55. The van der Waals surface area contributed by atoms with Gasteiger partial charge >= 0.3 is 0 Å². The number of allylic oxidation sites excluding steroid dienone is 1. The molecule has 5 nitrogen and oxygen atoms in total. The Morgan fingerprint density at radius 3 is 2.83 bits per heavy atom. The Labute approximate surface area is 173 Å². The smallest absolute Gasteiger partial charge is 0.231 e. The monoisotopic (exact) mass is 404 g/mol. The van der Waals surface area contributed by atoms with Gasteiger partial charge in [0.1, 0.15) is 16.8 Å². The molecule has 0 radical (unpaired) electrons. The van der Waals surface area contributed by atoms with Crippen LogP contribution < -0.4 is 14.2 Å². The van der Waals surface area contributed by atoms with E-state index in [9.17, 15) is 5.26 Å². The molecular weight excluding hydrogens is 384 g/mol. The van der Waals surface area contributed by atoms with Gasteiger partial charge in [-0.3, -0.25) is 0 Å². The third kappa shape index (κ3) is 4.41. The Hall–Kier alpha value is -3.30. The van der Waals surface area contributed by atoms with E-state index < -0.39 is 0 Å². The number of nitrogens with zero attached hydrogens (tertiary/aromatic N) is 2. The Balaban J connectivity index is 1.52. The molecule has 29 heavy (non-hydrogen) atoms. The molecule has 0 saturated carbocycles. The normalized spacial score (nSPS) is 12.6. The van der Waals surface area contributed by atoms with Crippen LogP contribution in [0.15, 0.2) is 47.8 Å². The average Bonchev–Trinajstić information content (AvgIpc) is 3.42. The zero-order valence-corrected chi connectivity index (χ0v) is 16.9. The van der Waals surface area contributed by atoms with Gasteiger partial charge in [0.2, 0.25) is 6.79 Å². The summed E-state index contributed by atoms with van der Waals surface area (Å²) in [6.45, 7) is 3.10. The van der Waals surface area contributed by atoms with Crippen molar-refractivity contribution in [2.75, 3.05) is 13.4 Å². The lowest BCUT2D eigenvalue weighted by Gasteiger charge is -2.05. The Morgan fingerprint density at radius 1 is 1.21 bits per heavy atom. The van der Waals surface area contributed by atoms with Crippen molar-refractivity contribution in [1.29, 1.82) is 5.26 Å². The Bertz CT molecular complexity index is 1060. The van der Waals surface area contributed by atoms with Crippen molar-refractivity contribution in [2.24, 2.45) is 0 Å². The molecule has 0 amide bonds. The first-order valence-corrected chi connectivity index (χ1v) is 10.4. The zero-order chi connectivity index (χ0) is 20.1. The number of fused-ring (bicyclic) bond motifs is 1. The summed E-state index contributed by atoms with van der Waals surface area (Å²) in [6, 6.07) is 15.7. The summed E-state index contributed by atoms with van der Waals surface area (Å²) in [7, 11) is 0. The largest absolute Gasteiger partial charge is 0.494 e. The minimum absolute atomic E-state index is 0.241. The van der Waals surface area contributed by atoms with Gasteiger partial charge in [-0.1, -0.05) is 25.5 Å². The second-order valence-corrected chi connectivity index (χ2v) is 7.40. The molecule has 2 aromatic carbocycles. The maximum atomic E-state index is 9.63. The molecule has 4 rings (SSSR count). The molecule has 0 fully saturated rings. The number of benzene rings is 2. The molecule has 0 saturated heterocycles. The van der Waals surface area contributed by atoms with Crippen LogP contribution in [0.5, 0.6) is 17.2 Å². The van der Waals surface area contributed by atoms with Crippen LogP contribution in [0, 0.1) is 11.3 Å². The predicted octanol–water partition coefficient (Wildman–Crippen LogP) is 5.78. The highest BCUT2D eigenvalue weighted by Gasteiger charge is 2.16. The molecule has 1 aromatic heterocycles. The van der Waals surface area contributed by atoms with Crippen molar-refractivity contribution >= 4 is 23.0 Å². The number of hydrogen-bond acceptors (Lipinski definition) is 6. The van der Waals surface area contributed by atoms with E-state index in [4.69, 9.17) is 14.2 Å². The fourth-order valence-corrected chi connectivity index (χ4v) is 3.68. The SMILES string of the molecule is CCCCOc1ccc(/C=C(/C#N)c2nc(-c3ccc4c(c3)OCO4)cs2)cc1. The average molecular weight is 404 g/mol. The van der Waals surface area contributed by atoms with E-state index in [1.54, 1.807) is 0 Å². The number of nitriles is 1. The highest BCUT2D eigenvalue weighted by Crippen LogP contribution is 2.36. The fraction of sp³-hybridized carbons (Fsp3) is 0.217. The molecule has 1 aliphatic heterocycles. The first-order valence-electron chi connectivity index (χ1n) is 9.47. The summed E-state index contributed by atoms with van der Waals surface area (Å²) in [4.78, 5) is 4.65. The maximum absolute atomic E-state index is 9.63. The van der Waals surface area contributed by atoms with Crippen molar-refractivity contribution in [3.63, 3.8) is 0 Å². The maximum Gasteiger partial charge on any atom is 0.231 e. The summed E-state index contributed by atoms with van der Waals surface area (Å²) in [5, 5.41) is 12.3. The topological polar surface area (TPSA) is 64.4 Å². The van der Waals surface area contributed by atoms with Gasteiger partial charge in [-0.25, -0.2) is 4.98 Å². The van der Waals surface area contributed by atoms with Crippen LogP contribution in [0.25, 0.3) is 22.9 Å². The van der Waals surface area contributed by atoms with E-state index in [2.05, 4.69) is 18.0 Å². The Morgan fingerprint density at radius 2 is 2.03 bits per heavy atom. The fourth-order valence-electron chi connectivity index (χ4n) is 2.89. The summed E-state index contributed by atoms with van der Waals surface area (Å²) in [5.41, 5.74) is 3.21. The van der Waals surface area contributed by atoms with E-state index in [0.29, 0.717) is 16.3 Å². The van der Waals surface area contributed by atoms with E-state index >= 15 is 0 Å². The van der Waals surface area contributed by atoms with Gasteiger partial charge in [-0.15, -0.1) is 11.3 Å². The standard InChI is InChI=1S/C23H20N2O3S/c1-2-3-10-26-19-7-4-16(5-8-19)11-18(13-24)23-25-20(14-29-23)17-6-9-21-22(12-17)28-15-27-21/h4-9,11-12,14H,2-3,10,15H2,1H3/b18-11-. The minimum atomic E-state index is 0.241. The lowest BCUT2D eigenvalue weighted by Crippen LogP contribution is -1.95. The van der Waals surface area contributed by atoms with Gasteiger partial charge in [0.05, 0.1) is 17.9 Å². The lowest BCUT2D eigenvalue weighted by atomic mass is 10.1. The van der Waals surface area contributed by atoms with Crippen molar-refractivity contribution in [1.82, 2.24) is 4.98 Å². The molecule has 3 aromatic rings. The van der Waals surface area contributed by atoms with Crippen LogP contribution in [0.1, 0.15) is 30.3 Å². The van der Waals surface area contributed by atoms with Crippen LogP contribution in [0.4, 0.5) is 0 Å². The summed E-state index contributed by atoms with van der Waals surface area (Å²) in [5.74, 6) is 2.30. The van der Waals surface area contributed by atoms with Gasteiger partial charge in [0.25, 0.3) is 0 Å². The quantitative estimate of drug-likeness (QED) is 0.369. The summed E-state index contributed by atoms with van der Waals surface area (Å²) >= 11 is 1.45. The van der Waals surface area contributed by atoms with E-state index in [0.717, 1.165) is 47.8 Å². The zero-order valence-electron chi connectivity index (χ0n) is 16.1. The molecule has 1 aliphatic rings. The van der Waals surface area contributed by atoms with Crippen LogP contribution in [-0.4, -0.2) is 18.4 Å². The lowest BCUT2D eigenvalue weighted by molar-refractivity contribution is 0.174. The number of unbranched alkanes of at least 4 members (excludes halogenated alkanes) is 1. The van der Waals surface area contributed by atoms with Gasteiger partial charge < -0.3 is 14.2 Å². The molecule has 0 bridgehead atoms. The number of hydrogen-bond donors (Lipinski definition) is 0. The van der Waals surface area contributed by atoms with Crippen molar-refractivity contribution in [3.05, 3.63) is 58.4 Å². The molecule has 2 heterocycles. The highest BCUT2D eigenvalue weighted by atomic mass is 32.1. The van der Waals surface area contributed by atoms with Crippen molar-refractivity contribution in [2.45, 2.75) is 19.8 Å². The van der Waals surface area contributed by atoms with Crippen molar-refractivity contribution < 1.29 is 14.2 Å². The molecular formula is C23H20N2O3S. The summed E-state index contributed by atoms with van der Waals surface area (Å²) in [6.07, 6.45) is 3.99. The van der Waals surface area contributed by atoms with Gasteiger partial charge in [-0.05, 0) is 48.4 Å². The minimum Gasteiger partial charge on any atom is -0.494 e. The van der Waals surface area contributed by atoms with Crippen LogP contribution in [0.2, 0.25) is 0 Å². The van der Waals surface area contributed by atoms with Crippen LogP contribution in [-0.2, 0) is 0 Å². The molecule has 0 N–H and O–H groups in total.